The van der Waals surface area contributed by atoms with Crippen LogP contribution in [0.25, 0.3) is 0 Å². The van der Waals surface area contributed by atoms with Gasteiger partial charge in [-0.3, -0.25) is 0 Å². The predicted octanol–water partition coefficient (Wildman–Crippen LogP) is 0.440. The van der Waals surface area contributed by atoms with Gasteiger partial charge in [0, 0.05) is 19.1 Å². The number of rotatable bonds is 8. The normalized spacial score (nSPS) is 14.7. The molecule has 0 bridgehead atoms. The summed E-state index contributed by atoms with van der Waals surface area (Å²) in [5.41, 5.74) is 5.78. The fraction of sp³-hybridized carbons (Fsp3) is 1.00. The molecule has 0 fully saturated rings. The Morgan fingerprint density at radius 3 is 1.94 bits per heavy atom. The lowest BCUT2D eigenvalue weighted by atomic mass is 10.1. The SMILES string of the molecule is CC(C)CNS(=O)(=O)NCC(N)CC(C)C. The molecule has 1 atom stereocenters. The highest BCUT2D eigenvalue weighted by Gasteiger charge is 2.12. The van der Waals surface area contributed by atoms with Gasteiger partial charge >= 0.3 is 0 Å². The largest absolute Gasteiger partial charge is 0.327 e. The molecule has 0 amide bonds. The van der Waals surface area contributed by atoms with E-state index in [1.54, 1.807) is 0 Å². The van der Waals surface area contributed by atoms with Crippen LogP contribution in [0.5, 0.6) is 0 Å². The van der Waals surface area contributed by atoms with Crippen LogP contribution in [0.2, 0.25) is 0 Å². The summed E-state index contributed by atoms with van der Waals surface area (Å²) in [6.07, 6.45) is 0.812. The van der Waals surface area contributed by atoms with Crippen LogP contribution in [0.4, 0.5) is 0 Å². The maximum atomic E-state index is 11.4. The summed E-state index contributed by atoms with van der Waals surface area (Å²) < 4.78 is 27.8. The molecule has 0 heterocycles. The predicted molar refractivity (Wildman–Crippen MR) is 67.2 cm³/mol. The van der Waals surface area contributed by atoms with Crippen LogP contribution in [-0.2, 0) is 10.2 Å². The zero-order chi connectivity index (χ0) is 12.8. The molecule has 0 aliphatic rings. The molecule has 98 valence electrons. The van der Waals surface area contributed by atoms with Gasteiger partial charge in [-0.2, -0.15) is 8.42 Å². The van der Waals surface area contributed by atoms with E-state index in [0.717, 1.165) is 6.42 Å². The second-order valence-electron chi connectivity index (χ2n) is 4.98. The Morgan fingerprint density at radius 1 is 1.00 bits per heavy atom. The van der Waals surface area contributed by atoms with Crippen LogP contribution < -0.4 is 15.2 Å². The smallest absolute Gasteiger partial charge is 0.276 e. The first kappa shape index (κ1) is 15.8. The third kappa shape index (κ3) is 9.08. The van der Waals surface area contributed by atoms with Crippen molar-refractivity contribution in [1.29, 1.82) is 0 Å². The highest BCUT2D eigenvalue weighted by Crippen LogP contribution is 2.01. The van der Waals surface area contributed by atoms with Gasteiger partial charge in [0.1, 0.15) is 0 Å². The van der Waals surface area contributed by atoms with Crippen molar-refractivity contribution < 1.29 is 8.42 Å². The number of nitrogens with two attached hydrogens (primary N) is 1. The van der Waals surface area contributed by atoms with Crippen LogP contribution in [0.3, 0.4) is 0 Å². The van der Waals surface area contributed by atoms with E-state index in [1.165, 1.54) is 0 Å². The monoisotopic (exact) mass is 251 g/mol. The summed E-state index contributed by atoms with van der Waals surface area (Å²) in [6, 6.07) is -0.129. The lowest BCUT2D eigenvalue weighted by Crippen LogP contribution is -2.44. The maximum Gasteiger partial charge on any atom is 0.276 e. The molecule has 0 spiro atoms. The van der Waals surface area contributed by atoms with Crippen molar-refractivity contribution in [3.8, 4) is 0 Å². The van der Waals surface area contributed by atoms with Crippen molar-refractivity contribution in [2.45, 2.75) is 40.2 Å². The first-order chi connectivity index (χ1) is 7.23. The molecule has 0 aromatic rings. The third-order valence-electron chi connectivity index (χ3n) is 1.99. The first-order valence-corrected chi connectivity index (χ1v) is 7.21. The molecule has 0 saturated carbocycles. The molecule has 0 aliphatic heterocycles. The molecular formula is C10H25N3O2S. The number of hydrogen-bond acceptors (Lipinski definition) is 3. The fourth-order valence-electron chi connectivity index (χ4n) is 1.23. The van der Waals surface area contributed by atoms with Crippen LogP contribution in [0.1, 0.15) is 34.1 Å². The minimum atomic E-state index is -3.39. The minimum absolute atomic E-state index is 0.129. The second-order valence-corrected chi connectivity index (χ2v) is 6.57. The van der Waals surface area contributed by atoms with Crippen molar-refractivity contribution >= 4 is 10.2 Å². The molecule has 0 radical (unpaired) electrons. The van der Waals surface area contributed by atoms with Gasteiger partial charge in [-0.15, -0.1) is 0 Å². The van der Waals surface area contributed by atoms with E-state index < -0.39 is 10.2 Å². The Bertz CT molecular complexity index is 276. The van der Waals surface area contributed by atoms with E-state index in [1.807, 2.05) is 13.8 Å². The van der Waals surface area contributed by atoms with E-state index in [4.69, 9.17) is 5.73 Å². The lowest BCUT2D eigenvalue weighted by Gasteiger charge is -2.15. The van der Waals surface area contributed by atoms with Gasteiger partial charge in [0.15, 0.2) is 0 Å². The summed E-state index contributed by atoms with van der Waals surface area (Å²) >= 11 is 0. The third-order valence-corrected chi connectivity index (χ3v) is 3.08. The van der Waals surface area contributed by atoms with Crippen LogP contribution >= 0.6 is 0 Å². The van der Waals surface area contributed by atoms with Crippen molar-refractivity contribution in [1.82, 2.24) is 9.44 Å². The van der Waals surface area contributed by atoms with Crippen LogP contribution in [0, 0.1) is 11.8 Å². The molecule has 1 unspecified atom stereocenters. The topological polar surface area (TPSA) is 84.2 Å². The Hall–Kier alpha value is -0.170. The number of hydrogen-bond donors (Lipinski definition) is 3. The van der Waals surface area contributed by atoms with Gasteiger partial charge in [-0.05, 0) is 18.3 Å². The fourth-order valence-corrected chi connectivity index (χ4v) is 2.32. The van der Waals surface area contributed by atoms with E-state index in [2.05, 4.69) is 23.3 Å². The molecule has 0 rings (SSSR count). The molecule has 0 aliphatic carbocycles. The summed E-state index contributed by atoms with van der Waals surface area (Å²) in [7, 11) is -3.39. The Labute approximate surface area is 99.4 Å². The van der Waals surface area contributed by atoms with Crippen molar-refractivity contribution in [2.24, 2.45) is 17.6 Å². The molecule has 16 heavy (non-hydrogen) atoms. The van der Waals surface area contributed by atoms with Crippen molar-refractivity contribution in [2.75, 3.05) is 13.1 Å². The quantitative estimate of drug-likeness (QED) is 0.585. The van der Waals surface area contributed by atoms with Crippen LogP contribution in [-0.4, -0.2) is 27.5 Å². The van der Waals surface area contributed by atoms with Gasteiger partial charge in [0.2, 0.25) is 0 Å². The maximum absolute atomic E-state index is 11.4. The van der Waals surface area contributed by atoms with Crippen LogP contribution in [0.15, 0.2) is 0 Å². The molecule has 6 heteroatoms. The van der Waals surface area contributed by atoms with E-state index in [-0.39, 0.29) is 12.6 Å². The zero-order valence-electron chi connectivity index (χ0n) is 10.7. The second kappa shape index (κ2) is 7.21. The molecule has 0 aromatic heterocycles. The summed E-state index contributed by atoms with van der Waals surface area (Å²) in [4.78, 5) is 0. The standard InChI is InChI=1S/C10H25N3O2S/c1-8(2)5-10(11)7-13-16(14,15)12-6-9(3)4/h8-10,12-13H,5-7,11H2,1-4H3. The van der Waals surface area contributed by atoms with Crippen molar-refractivity contribution in [3.63, 3.8) is 0 Å². The van der Waals surface area contributed by atoms with Gasteiger partial charge < -0.3 is 5.73 Å². The lowest BCUT2D eigenvalue weighted by molar-refractivity contribution is 0.482. The number of nitrogens with one attached hydrogen (secondary N) is 2. The Balaban J connectivity index is 3.90. The van der Waals surface area contributed by atoms with E-state index in [9.17, 15) is 8.42 Å². The highest BCUT2D eigenvalue weighted by atomic mass is 32.2. The van der Waals surface area contributed by atoms with E-state index in [0.29, 0.717) is 18.4 Å². The summed E-state index contributed by atoms with van der Waals surface area (Å²) in [5.74, 6) is 0.768. The summed E-state index contributed by atoms with van der Waals surface area (Å²) in [6.45, 7) is 8.75. The van der Waals surface area contributed by atoms with Gasteiger partial charge in [0.05, 0.1) is 0 Å². The average molecular weight is 251 g/mol. The van der Waals surface area contributed by atoms with Gasteiger partial charge in [-0.25, -0.2) is 9.44 Å². The highest BCUT2D eigenvalue weighted by molar-refractivity contribution is 7.87. The minimum Gasteiger partial charge on any atom is -0.327 e. The first-order valence-electron chi connectivity index (χ1n) is 5.72. The zero-order valence-corrected chi connectivity index (χ0v) is 11.5. The average Bonchev–Trinajstić information content (AvgIpc) is 2.11. The molecule has 0 saturated heterocycles. The van der Waals surface area contributed by atoms with E-state index >= 15 is 0 Å². The molecule has 0 aromatic carbocycles. The Morgan fingerprint density at radius 2 is 1.50 bits per heavy atom. The van der Waals surface area contributed by atoms with Gasteiger partial charge in [-0.1, -0.05) is 27.7 Å². The molecule has 5 nitrogen and oxygen atoms in total. The van der Waals surface area contributed by atoms with Crippen molar-refractivity contribution in [3.05, 3.63) is 0 Å². The molecular weight excluding hydrogens is 226 g/mol. The molecule has 4 N–H and O–H groups in total. The Kier molecular flexibility index (Phi) is 7.14. The summed E-state index contributed by atoms with van der Waals surface area (Å²) in [5, 5.41) is 0. The van der Waals surface area contributed by atoms with Gasteiger partial charge in [0.25, 0.3) is 10.2 Å².